The zero-order valence-electron chi connectivity index (χ0n) is 7.75. The van der Waals surface area contributed by atoms with Crippen molar-refractivity contribution in [3.8, 4) is 12.3 Å². The molecule has 70 valence electrons. The van der Waals surface area contributed by atoms with Crippen LogP contribution in [-0.2, 0) is 9.53 Å². The van der Waals surface area contributed by atoms with Crippen LogP contribution < -0.4 is 0 Å². The summed E-state index contributed by atoms with van der Waals surface area (Å²) in [6, 6.07) is 0. The average molecular weight is 179 g/mol. The van der Waals surface area contributed by atoms with Gasteiger partial charge in [0.2, 0.25) is 0 Å². The van der Waals surface area contributed by atoms with Crippen LogP contribution in [0.4, 0.5) is 0 Å². The van der Waals surface area contributed by atoms with Gasteiger partial charge in [-0.2, -0.15) is 0 Å². The Kier molecular flexibility index (Phi) is 3.53. The third kappa shape index (κ3) is 2.60. The van der Waals surface area contributed by atoms with Crippen molar-refractivity contribution in [1.29, 1.82) is 0 Å². The number of ether oxygens (including phenoxy) is 1. The van der Waals surface area contributed by atoms with E-state index >= 15 is 0 Å². The number of amides is 1. The van der Waals surface area contributed by atoms with Crippen LogP contribution in [0.25, 0.3) is 0 Å². The van der Waals surface area contributed by atoms with Gasteiger partial charge in [-0.3, -0.25) is 4.79 Å². The van der Waals surface area contributed by atoms with E-state index in [0.29, 0.717) is 19.7 Å². The molecule has 0 saturated carbocycles. The van der Waals surface area contributed by atoms with E-state index in [9.17, 15) is 4.79 Å². The summed E-state index contributed by atoms with van der Waals surface area (Å²) in [7, 11) is 1.67. The number of rotatable bonds is 2. The van der Waals surface area contributed by atoms with Gasteiger partial charge in [0, 0.05) is 20.2 Å². The van der Waals surface area contributed by atoms with Crippen LogP contribution in [0.2, 0.25) is 0 Å². The lowest BCUT2D eigenvalue weighted by molar-refractivity contribution is -0.124. The Hall–Kier alpha value is -1.27. The van der Waals surface area contributed by atoms with E-state index < -0.39 is 0 Å². The first-order valence-corrected chi connectivity index (χ1v) is 4.20. The second-order valence-electron chi connectivity index (χ2n) is 2.94. The molecule has 0 bridgehead atoms. The molecular weight excluding hydrogens is 166 g/mol. The molecule has 13 heavy (non-hydrogen) atoms. The average Bonchev–Trinajstić information content (AvgIpc) is 2.18. The molecule has 0 aromatic rings. The fraction of sp³-hybridized carbons (Fsp3) is 0.500. The predicted molar refractivity (Wildman–Crippen MR) is 50.0 cm³/mol. The first-order valence-electron chi connectivity index (χ1n) is 4.20. The number of nitrogens with zero attached hydrogens (tertiary/aromatic N) is 1. The minimum atomic E-state index is -0.229. The number of carbonyl (C=O) groups excluding carboxylic acids is 1. The molecule has 0 atom stereocenters. The Bertz CT molecular complexity index is 263. The van der Waals surface area contributed by atoms with Gasteiger partial charge in [-0.25, -0.2) is 0 Å². The summed E-state index contributed by atoms with van der Waals surface area (Å²) in [5.74, 6) is 1.88. The van der Waals surface area contributed by atoms with Crippen molar-refractivity contribution >= 4 is 5.91 Å². The lowest BCUT2D eigenvalue weighted by atomic mass is 10.1. The Morgan fingerprint density at radius 3 is 3.08 bits per heavy atom. The summed E-state index contributed by atoms with van der Waals surface area (Å²) in [5.41, 5.74) is 1.24. The fourth-order valence-electron chi connectivity index (χ4n) is 1.30. The highest BCUT2D eigenvalue weighted by molar-refractivity contribution is 5.93. The van der Waals surface area contributed by atoms with Crippen molar-refractivity contribution in [3.05, 3.63) is 11.6 Å². The first kappa shape index (κ1) is 9.82. The third-order valence-electron chi connectivity index (χ3n) is 2.04. The van der Waals surface area contributed by atoms with Gasteiger partial charge in [0.05, 0.1) is 6.61 Å². The van der Waals surface area contributed by atoms with Crippen LogP contribution >= 0.6 is 0 Å². The van der Waals surface area contributed by atoms with E-state index in [0.717, 1.165) is 6.42 Å². The molecule has 3 heteroatoms. The highest BCUT2D eigenvalue weighted by atomic mass is 16.5. The summed E-state index contributed by atoms with van der Waals surface area (Å²) >= 11 is 0. The number of methoxy groups -OCH3 is 1. The van der Waals surface area contributed by atoms with Crippen LogP contribution in [0.5, 0.6) is 0 Å². The van der Waals surface area contributed by atoms with Crippen LogP contribution in [0.15, 0.2) is 11.6 Å². The molecule has 0 saturated heterocycles. The summed E-state index contributed by atoms with van der Waals surface area (Å²) < 4.78 is 4.99. The normalized spacial score (nSPS) is 16.3. The number of terminal acetylenes is 1. The van der Waals surface area contributed by atoms with Gasteiger partial charge in [0.1, 0.15) is 0 Å². The van der Waals surface area contributed by atoms with Gasteiger partial charge >= 0.3 is 0 Å². The van der Waals surface area contributed by atoms with E-state index in [1.54, 1.807) is 12.0 Å². The largest absolute Gasteiger partial charge is 0.380 e. The summed E-state index contributed by atoms with van der Waals surface area (Å²) in [5, 5.41) is 0. The molecule has 0 aromatic carbocycles. The summed E-state index contributed by atoms with van der Waals surface area (Å²) in [6.07, 6.45) is 7.87. The third-order valence-corrected chi connectivity index (χ3v) is 2.04. The van der Waals surface area contributed by atoms with Gasteiger partial charge in [-0.05, 0) is 17.9 Å². The molecule has 1 aliphatic rings. The van der Waals surface area contributed by atoms with Crippen molar-refractivity contribution < 1.29 is 9.53 Å². The molecule has 0 aliphatic carbocycles. The summed E-state index contributed by atoms with van der Waals surface area (Å²) in [4.78, 5) is 12.7. The van der Waals surface area contributed by atoms with Gasteiger partial charge in [-0.1, -0.05) is 6.08 Å². The molecule has 0 aromatic heterocycles. The highest BCUT2D eigenvalue weighted by Crippen LogP contribution is 2.10. The van der Waals surface area contributed by atoms with Gasteiger partial charge in [0.15, 0.2) is 0 Å². The van der Waals surface area contributed by atoms with Crippen LogP contribution in [0, 0.1) is 12.3 Å². The van der Waals surface area contributed by atoms with Crippen molar-refractivity contribution in [2.45, 2.75) is 6.42 Å². The standard InChI is InChI=1S/C10H13NO2/c1-3-10(12)11-6-4-9(5-7-11)8-13-2/h1,4H,5-8H2,2H3. The SMILES string of the molecule is C#CC(=O)N1CC=C(COC)CC1. The zero-order valence-corrected chi connectivity index (χ0v) is 7.75. The first-order chi connectivity index (χ1) is 6.27. The van der Waals surface area contributed by atoms with Crippen LogP contribution in [0.1, 0.15) is 6.42 Å². The van der Waals surface area contributed by atoms with Crippen LogP contribution in [0.3, 0.4) is 0 Å². The van der Waals surface area contributed by atoms with E-state index in [2.05, 4.69) is 5.92 Å². The van der Waals surface area contributed by atoms with Crippen molar-refractivity contribution in [3.63, 3.8) is 0 Å². The lowest BCUT2D eigenvalue weighted by Gasteiger charge is -2.24. The highest BCUT2D eigenvalue weighted by Gasteiger charge is 2.14. The molecule has 1 rings (SSSR count). The molecule has 1 amide bonds. The molecule has 0 unspecified atom stereocenters. The zero-order chi connectivity index (χ0) is 9.68. The van der Waals surface area contributed by atoms with Crippen LogP contribution in [-0.4, -0.2) is 37.6 Å². The quantitative estimate of drug-likeness (QED) is 0.454. The Morgan fingerprint density at radius 1 is 1.85 bits per heavy atom. The summed E-state index contributed by atoms with van der Waals surface area (Å²) in [6.45, 7) is 1.97. The van der Waals surface area contributed by atoms with Crippen molar-refractivity contribution in [2.24, 2.45) is 0 Å². The number of carbonyl (C=O) groups is 1. The lowest BCUT2D eigenvalue weighted by Crippen LogP contribution is -2.34. The van der Waals surface area contributed by atoms with Crippen molar-refractivity contribution in [1.82, 2.24) is 4.90 Å². The molecule has 0 fully saturated rings. The Balaban J connectivity index is 2.47. The smallest absolute Gasteiger partial charge is 0.298 e. The number of hydrogen-bond acceptors (Lipinski definition) is 2. The maximum atomic E-state index is 11.1. The predicted octanol–water partition coefficient (Wildman–Crippen LogP) is 0.425. The molecule has 1 aliphatic heterocycles. The molecule has 1 heterocycles. The van der Waals surface area contributed by atoms with E-state index in [1.165, 1.54) is 5.57 Å². The minimum Gasteiger partial charge on any atom is -0.380 e. The molecule has 0 spiro atoms. The monoisotopic (exact) mass is 179 g/mol. The molecule has 3 nitrogen and oxygen atoms in total. The maximum Gasteiger partial charge on any atom is 0.298 e. The van der Waals surface area contributed by atoms with Gasteiger partial charge < -0.3 is 9.64 Å². The van der Waals surface area contributed by atoms with Crippen molar-refractivity contribution in [2.75, 3.05) is 26.8 Å². The molecule has 0 radical (unpaired) electrons. The number of hydrogen-bond donors (Lipinski definition) is 0. The fourth-order valence-corrected chi connectivity index (χ4v) is 1.30. The van der Waals surface area contributed by atoms with E-state index in [1.807, 2.05) is 6.08 Å². The maximum absolute atomic E-state index is 11.1. The second-order valence-corrected chi connectivity index (χ2v) is 2.94. The van der Waals surface area contributed by atoms with Gasteiger partial charge in [0.25, 0.3) is 5.91 Å². The van der Waals surface area contributed by atoms with E-state index in [4.69, 9.17) is 11.2 Å². The second kappa shape index (κ2) is 4.68. The van der Waals surface area contributed by atoms with E-state index in [-0.39, 0.29) is 5.91 Å². The minimum absolute atomic E-state index is 0.229. The molecular formula is C10H13NO2. The topological polar surface area (TPSA) is 29.5 Å². The molecule has 0 N–H and O–H groups in total. The van der Waals surface area contributed by atoms with Gasteiger partial charge in [-0.15, -0.1) is 6.42 Å². The Labute approximate surface area is 78.4 Å². The Morgan fingerprint density at radius 2 is 2.62 bits per heavy atom.